The van der Waals surface area contributed by atoms with Gasteiger partial charge < -0.3 is 20.1 Å². The Labute approximate surface area is 213 Å². The Morgan fingerprint density at radius 2 is 1.76 bits per heavy atom. The first kappa shape index (κ1) is 23.0. The molecule has 6 rings (SSSR count). The quantitative estimate of drug-likeness (QED) is 0.403. The maximum Gasteiger partial charge on any atom is 0.256 e. The van der Waals surface area contributed by atoms with Gasteiger partial charge in [-0.1, -0.05) is 12.1 Å². The average molecular weight is 498 g/mol. The third-order valence-electron chi connectivity index (χ3n) is 6.47. The molecule has 1 aliphatic heterocycles. The van der Waals surface area contributed by atoms with Gasteiger partial charge in [0.2, 0.25) is 0 Å². The SMILES string of the molecule is CC(C)n1ncc2c(C(=O)Nc3ccccc3C(=O)NC3CC3)cc(-c3ccc4c(c3)OCCO4)nc21. The monoisotopic (exact) mass is 497 g/mol. The zero-order chi connectivity index (χ0) is 25.5. The van der Waals surface area contributed by atoms with E-state index in [1.807, 2.05) is 32.0 Å². The molecule has 0 radical (unpaired) electrons. The summed E-state index contributed by atoms with van der Waals surface area (Å²) in [6.45, 7) is 5.01. The molecule has 9 nitrogen and oxygen atoms in total. The Morgan fingerprint density at radius 1 is 0.973 bits per heavy atom. The maximum atomic E-state index is 13.7. The topological polar surface area (TPSA) is 107 Å². The molecule has 1 saturated carbocycles. The van der Waals surface area contributed by atoms with E-state index in [2.05, 4.69) is 15.7 Å². The predicted octanol–water partition coefficient (Wildman–Crippen LogP) is 4.59. The first-order valence-electron chi connectivity index (χ1n) is 12.5. The summed E-state index contributed by atoms with van der Waals surface area (Å²) in [5.41, 5.74) is 3.30. The van der Waals surface area contributed by atoms with Crippen molar-refractivity contribution in [1.82, 2.24) is 20.1 Å². The molecule has 0 saturated heterocycles. The molecule has 2 aromatic carbocycles. The number of nitrogens with one attached hydrogen (secondary N) is 2. The molecule has 2 N–H and O–H groups in total. The first-order valence-corrected chi connectivity index (χ1v) is 12.5. The molecule has 3 heterocycles. The smallest absolute Gasteiger partial charge is 0.256 e. The summed E-state index contributed by atoms with van der Waals surface area (Å²) in [7, 11) is 0. The second-order valence-electron chi connectivity index (χ2n) is 9.58. The Kier molecular flexibility index (Phi) is 5.75. The van der Waals surface area contributed by atoms with Crippen LogP contribution in [0.25, 0.3) is 22.3 Å². The molecule has 2 aliphatic rings. The Hall–Kier alpha value is -4.40. The Morgan fingerprint density at radius 3 is 2.54 bits per heavy atom. The minimum Gasteiger partial charge on any atom is -0.486 e. The molecule has 2 amide bonds. The molecule has 9 heteroatoms. The number of pyridine rings is 1. The van der Waals surface area contributed by atoms with E-state index >= 15 is 0 Å². The fraction of sp³-hybridized carbons (Fsp3) is 0.286. The predicted molar refractivity (Wildman–Crippen MR) is 139 cm³/mol. The van der Waals surface area contributed by atoms with Gasteiger partial charge in [-0.15, -0.1) is 0 Å². The first-order chi connectivity index (χ1) is 18.0. The van der Waals surface area contributed by atoms with Crippen molar-refractivity contribution < 1.29 is 19.1 Å². The minimum absolute atomic E-state index is 0.0447. The molecular formula is C28H27N5O4. The lowest BCUT2D eigenvalue weighted by atomic mass is 10.0. The second-order valence-corrected chi connectivity index (χ2v) is 9.58. The fourth-order valence-corrected chi connectivity index (χ4v) is 4.40. The fourth-order valence-electron chi connectivity index (χ4n) is 4.40. The van der Waals surface area contributed by atoms with Crippen LogP contribution in [0, 0.1) is 0 Å². The van der Waals surface area contributed by atoms with E-state index in [1.165, 1.54) is 0 Å². The zero-order valence-electron chi connectivity index (χ0n) is 20.7. The molecule has 0 spiro atoms. The van der Waals surface area contributed by atoms with E-state index in [0.29, 0.717) is 58.3 Å². The number of rotatable bonds is 6. The van der Waals surface area contributed by atoms with Crippen LogP contribution >= 0.6 is 0 Å². The van der Waals surface area contributed by atoms with Crippen LogP contribution in [-0.2, 0) is 0 Å². The number of anilines is 1. The summed E-state index contributed by atoms with van der Waals surface area (Å²) >= 11 is 0. The van der Waals surface area contributed by atoms with Crippen LogP contribution in [0.5, 0.6) is 11.5 Å². The highest BCUT2D eigenvalue weighted by molar-refractivity contribution is 6.14. The minimum atomic E-state index is -0.346. The lowest BCUT2D eigenvalue weighted by Gasteiger charge is -2.19. The van der Waals surface area contributed by atoms with Gasteiger partial charge in [-0.25, -0.2) is 9.67 Å². The summed E-state index contributed by atoms with van der Waals surface area (Å²) in [6, 6.07) is 14.7. The van der Waals surface area contributed by atoms with Crippen LogP contribution in [0.3, 0.4) is 0 Å². The largest absolute Gasteiger partial charge is 0.486 e. The van der Waals surface area contributed by atoms with Crippen LogP contribution in [-0.4, -0.2) is 45.8 Å². The summed E-state index contributed by atoms with van der Waals surface area (Å²) in [6.07, 6.45) is 3.63. The van der Waals surface area contributed by atoms with Gasteiger partial charge in [0, 0.05) is 17.6 Å². The van der Waals surface area contributed by atoms with Gasteiger partial charge in [0.25, 0.3) is 11.8 Å². The van der Waals surface area contributed by atoms with Gasteiger partial charge in [0.15, 0.2) is 17.1 Å². The zero-order valence-corrected chi connectivity index (χ0v) is 20.7. The van der Waals surface area contributed by atoms with Crippen molar-refractivity contribution >= 4 is 28.5 Å². The number of hydrogen-bond acceptors (Lipinski definition) is 6. The molecule has 1 aliphatic carbocycles. The Bertz CT molecular complexity index is 1520. The van der Waals surface area contributed by atoms with Gasteiger partial charge in [0.1, 0.15) is 13.2 Å². The van der Waals surface area contributed by atoms with E-state index in [-0.39, 0.29) is 23.9 Å². The van der Waals surface area contributed by atoms with Crippen molar-refractivity contribution in [1.29, 1.82) is 0 Å². The number of ether oxygens (including phenoxy) is 2. The molecule has 0 unspecified atom stereocenters. The Balaban J connectivity index is 1.41. The van der Waals surface area contributed by atoms with Crippen LogP contribution < -0.4 is 20.1 Å². The van der Waals surface area contributed by atoms with Crippen molar-refractivity contribution in [2.24, 2.45) is 0 Å². The molecule has 0 bridgehead atoms. The van der Waals surface area contributed by atoms with Crippen LogP contribution in [0.15, 0.2) is 54.7 Å². The second kappa shape index (κ2) is 9.24. The van der Waals surface area contributed by atoms with Crippen LogP contribution in [0.4, 0.5) is 5.69 Å². The highest BCUT2D eigenvalue weighted by Gasteiger charge is 2.26. The molecule has 188 valence electrons. The third kappa shape index (κ3) is 4.48. The lowest BCUT2D eigenvalue weighted by Crippen LogP contribution is -2.27. The molecule has 1 fully saturated rings. The van der Waals surface area contributed by atoms with Gasteiger partial charge in [-0.2, -0.15) is 5.10 Å². The van der Waals surface area contributed by atoms with Crippen molar-refractivity contribution in [3.05, 3.63) is 65.9 Å². The normalized spacial score (nSPS) is 14.6. The van der Waals surface area contributed by atoms with Crippen LogP contribution in [0.2, 0.25) is 0 Å². The van der Waals surface area contributed by atoms with Crippen molar-refractivity contribution in [3.63, 3.8) is 0 Å². The van der Waals surface area contributed by atoms with Crippen molar-refractivity contribution in [2.75, 3.05) is 18.5 Å². The molecule has 2 aromatic heterocycles. The van der Waals surface area contributed by atoms with E-state index < -0.39 is 0 Å². The van der Waals surface area contributed by atoms with Crippen LogP contribution in [0.1, 0.15) is 53.4 Å². The number of carbonyl (C=O) groups excluding carboxylic acids is 2. The summed E-state index contributed by atoms with van der Waals surface area (Å²) in [4.78, 5) is 31.3. The van der Waals surface area contributed by atoms with E-state index in [0.717, 1.165) is 18.4 Å². The summed E-state index contributed by atoms with van der Waals surface area (Å²) < 4.78 is 13.2. The number of benzene rings is 2. The number of nitrogens with zero attached hydrogens (tertiary/aromatic N) is 3. The van der Waals surface area contributed by atoms with Gasteiger partial charge >= 0.3 is 0 Å². The number of hydrogen-bond donors (Lipinski definition) is 2. The van der Waals surface area contributed by atoms with E-state index in [1.54, 1.807) is 41.2 Å². The maximum absolute atomic E-state index is 13.7. The van der Waals surface area contributed by atoms with E-state index in [4.69, 9.17) is 14.5 Å². The van der Waals surface area contributed by atoms with E-state index in [9.17, 15) is 9.59 Å². The highest BCUT2D eigenvalue weighted by Crippen LogP contribution is 2.35. The molecule has 0 atom stereocenters. The average Bonchev–Trinajstić information content (AvgIpc) is 3.62. The molecule has 37 heavy (non-hydrogen) atoms. The number of fused-ring (bicyclic) bond motifs is 2. The standard InChI is InChI=1S/C28H27N5O4/c1-16(2)33-26-21(15-29-33)20(14-23(31-26)17-7-10-24-25(13-17)37-12-11-36-24)28(35)32-22-6-4-3-5-19(22)27(34)30-18-8-9-18/h3-7,10,13-16,18H,8-9,11-12H2,1-2H3,(H,30,34)(H,32,35). The van der Waals surface area contributed by atoms with Crippen molar-refractivity contribution in [3.8, 4) is 22.8 Å². The highest BCUT2D eigenvalue weighted by atomic mass is 16.6. The molecular weight excluding hydrogens is 470 g/mol. The third-order valence-corrected chi connectivity index (χ3v) is 6.47. The lowest BCUT2D eigenvalue weighted by molar-refractivity contribution is 0.0952. The number of amides is 2. The van der Waals surface area contributed by atoms with Gasteiger partial charge in [-0.05, 0) is 63.1 Å². The summed E-state index contributed by atoms with van der Waals surface area (Å²) in [5, 5.41) is 11.1. The number of para-hydroxylation sites is 1. The molecule has 4 aromatic rings. The number of carbonyl (C=O) groups is 2. The van der Waals surface area contributed by atoms with Gasteiger partial charge in [-0.3, -0.25) is 9.59 Å². The van der Waals surface area contributed by atoms with Crippen molar-refractivity contribution in [2.45, 2.75) is 38.8 Å². The number of aromatic nitrogens is 3. The van der Waals surface area contributed by atoms with Gasteiger partial charge in [0.05, 0.1) is 34.1 Å². The summed E-state index contributed by atoms with van der Waals surface area (Å²) in [5.74, 6) is 0.788.